The molecular formula is C19H35NO3. The largest absolute Gasteiger partial charge is 0.444 e. The van der Waals surface area contributed by atoms with Gasteiger partial charge in [-0.1, -0.05) is 26.2 Å². The highest BCUT2D eigenvalue weighted by molar-refractivity contribution is 5.68. The van der Waals surface area contributed by atoms with Gasteiger partial charge in [0, 0.05) is 13.1 Å². The van der Waals surface area contributed by atoms with Crippen LogP contribution in [0.4, 0.5) is 4.79 Å². The Labute approximate surface area is 141 Å². The Bertz CT molecular complexity index is 375. The molecule has 4 heteroatoms. The maximum atomic E-state index is 12.2. The molecule has 134 valence electrons. The zero-order valence-electron chi connectivity index (χ0n) is 15.5. The molecule has 0 aromatic carbocycles. The molecule has 0 spiro atoms. The standard InChI is InChI=1S/C19H35NO3/c1-5-19(22-15-16-9-7-6-8-10-16)11-13-20(14-12-19)17(21)23-18(2,3)4/h16H,5-15H2,1-4H3. The smallest absolute Gasteiger partial charge is 0.410 e. The summed E-state index contributed by atoms with van der Waals surface area (Å²) in [6, 6.07) is 0. The molecule has 1 saturated heterocycles. The van der Waals surface area contributed by atoms with Crippen LogP contribution in [0.5, 0.6) is 0 Å². The topological polar surface area (TPSA) is 38.8 Å². The predicted molar refractivity (Wildman–Crippen MR) is 92.6 cm³/mol. The van der Waals surface area contributed by atoms with E-state index in [1.165, 1.54) is 32.1 Å². The third-order valence-corrected chi connectivity index (χ3v) is 5.32. The first-order valence-corrected chi connectivity index (χ1v) is 9.45. The molecule has 23 heavy (non-hydrogen) atoms. The third kappa shape index (κ3) is 5.66. The minimum Gasteiger partial charge on any atom is -0.444 e. The second-order valence-electron chi connectivity index (χ2n) is 8.32. The second kappa shape index (κ2) is 7.87. The van der Waals surface area contributed by atoms with E-state index in [4.69, 9.17) is 9.47 Å². The fourth-order valence-corrected chi connectivity index (χ4v) is 3.67. The van der Waals surface area contributed by atoms with Crippen molar-refractivity contribution >= 4 is 6.09 Å². The predicted octanol–water partition coefficient (Wildman–Crippen LogP) is 4.76. The number of hydrogen-bond donors (Lipinski definition) is 0. The van der Waals surface area contributed by atoms with Crippen molar-refractivity contribution < 1.29 is 14.3 Å². The van der Waals surface area contributed by atoms with Gasteiger partial charge in [0.05, 0.1) is 12.2 Å². The minimum atomic E-state index is -0.423. The summed E-state index contributed by atoms with van der Waals surface area (Å²) in [6.45, 7) is 10.3. The van der Waals surface area contributed by atoms with E-state index in [2.05, 4.69) is 6.92 Å². The van der Waals surface area contributed by atoms with Gasteiger partial charge >= 0.3 is 6.09 Å². The first-order chi connectivity index (χ1) is 10.8. The van der Waals surface area contributed by atoms with Crippen LogP contribution in [0.3, 0.4) is 0 Å². The zero-order valence-corrected chi connectivity index (χ0v) is 15.5. The molecule has 1 amide bonds. The number of ether oxygens (including phenoxy) is 2. The van der Waals surface area contributed by atoms with E-state index in [0.717, 1.165) is 44.9 Å². The van der Waals surface area contributed by atoms with Crippen LogP contribution < -0.4 is 0 Å². The third-order valence-electron chi connectivity index (χ3n) is 5.32. The van der Waals surface area contributed by atoms with Crippen LogP contribution in [-0.4, -0.2) is 41.9 Å². The average molecular weight is 325 g/mol. The van der Waals surface area contributed by atoms with Gasteiger partial charge in [-0.05, 0) is 58.8 Å². The van der Waals surface area contributed by atoms with Crippen molar-refractivity contribution in [2.24, 2.45) is 5.92 Å². The van der Waals surface area contributed by atoms with E-state index in [9.17, 15) is 4.79 Å². The van der Waals surface area contributed by atoms with Crippen molar-refractivity contribution in [3.8, 4) is 0 Å². The Morgan fingerprint density at radius 1 is 1.13 bits per heavy atom. The lowest BCUT2D eigenvalue weighted by molar-refractivity contribution is -0.100. The molecule has 2 aliphatic rings. The Kier molecular flexibility index (Phi) is 6.35. The number of amides is 1. The molecule has 0 unspecified atom stereocenters. The molecule has 0 aromatic rings. The SMILES string of the molecule is CCC1(OCC2CCCCC2)CCN(C(=O)OC(C)(C)C)CC1. The van der Waals surface area contributed by atoms with Crippen LogP contribution in [-0.2, 0) is 9.47 Å². The molecule has 0 radical (unpaired) electrons. The summed E-state index contributed by atoms with van der Waals surface area (Å²) in [7, 11) is 0. The maximum Gasteiger partial charge on any atom is 0.410 e. The van der Waals surface area contributed by atoms with E-state index in [-0.39, 0.29) is 11.7 Å². The molecule has 1 saturated carbocycles. The number of carbonyl (C=O) groups excluding carboxylic acids is 1. The Balaban J connectivity index is 1.80. The van der Waals surface area contributed by atoms with Crippen LogP contribution >= 0.6 is 0 Å². The summed E-state index contributed by atoms with van der Waals surface area (Å²) in [5.41, 5.74) is -0.455. The molecule has 1 heterocycles. The minimum absolute atomic E-state index is 0.0318. The normalized spacial score (nSPS) is 22.9. The lowest BCUT2D eigenvalue weighted by Gasteiger charge is -2.42. The molecule has 0 aromatic heterocycles. The van der Waals surface area contributed by atoms with Crippen LogP contribution in [0.25, 0.3) is 0 Å². The summed E-state index contributed by atoms with van der Waals surface area (Å²) in [5, 5.41) is 0. The molecule has 0 bridgehead atoms. The van der Waals surface area contributed by atoms with Gasteiger partial charge in [0.2, 0.25) is 0 Å². The summed E-state index contributed by atoms with van der Waals surface area (Å²) in [5.74, 6) is 0.746. The molecule has 2 rings (SSSR count). The molecular weight excluding hydrogens is 290 g/mol. The zero-order chi connectivity index (χ0) is 16.9. The number of carbonyl (C=O) groups is 1. The van der Waals surface area contributed by atoms with Gasteiger partial charge in [-0.3, -0.25) is 0 Å². The summed E-state index contributed by atoms with van der Waals surface area (Å²) >= 11 is 0. The molecule has 0 atom stereocenters. The van der Waals surface area contributed by atoms with Crippen molar-refractivity contribution in [2.45, 2.75) is 90.3 Å². The van der Waals surface area contributed by atoms with E-state index in [0.29, 0.717) is 0 Å². The number of nitrogens with zero attached hydrogens (tertiary/aromatic N) is 1. The Morgan fingerprint density at radius 3 is 2.26 bits per heavy atom. The van der Waals surface area contributed by atoms with Gasteiger partial charge < -0.3 is 14.4 Å². The average Bonchev–Trinajstić information content (AvgIpc) is 2.53. The maximum absolute atomic E-state index is 12.2. The highest BCUT2D eigenvalue weighted by Gasteiger charge is 2.37. The van der Waals surface area contributed by atoms with E-state index >= 15 is 0 Å². The Morgan fingerprint density at radius 2 is 1.74 bits per heavy atom. The monoisotopic (exact) mass is 325 g/mol. The summed E-state index contributed by atoms with van der Waals surface area (Å²) < 4.78 is 11.9. The quantitative estimate of drug-likeness (QED) is 0.748. The summed E-state index contributed by atoms with van der Waals surface area (Å²) in [6.07, 6.45) is 9.45. The molecule has 2 fully saturated rings. The van der Waals surface area contributed by atoms with Crippen molar-refractivity contribution in [3.63, 3.8) is 0 Å². The van der Waals surface area contributed by atoms with E-state index in [1.54, 1.807) is 0 Å². The number of piperidine rings is 1. The van der Waals surface area contributed by atoms with Gasteiger partial charge in [0.1, 0.15) is 5.60 Å². The highest BCUT2D eigenvalue weighted by atomic mass is 16.6. The molecule has 0 N–H and O–H groups in total. The molecule has 4 nitrogen and oxygen atoms in total. The lowest BCUT2D eigenvalue weighted by Crippen LogP contribution is -2.49. The molecule has 1 aliphatic carbocycles. The van der Waals surface area contributed by atoms with E-state index < -0.39 is 5.60 Å². The van der Waals surface area contributed by atoms with Crippen molar-refractivity contribution in [1.82, 2.24) is 4.90 Å². The van der Waals surface area contributed by atoms with Crippen molar-refractivity contribution in [1.29, 1.82) is 0 Å². The van der Waals surface area contributed by atoms with Crippen LogP contribution in [0.1, 0.15) is 79.1 Å². The van der Waals surface area contributed by atoms with Gasteiger partial charge in [-0.25, -0.2) is 4.79 Å². The van der Waals surface area contributed by atoms with Gasteiger partial charge in [0.15, 0.2) is 0 Å². The first kappa shape index (κ1) is 18.6. The Hall–Kier alpha value is -0.770. The first-order valence-electron chi connectivity index (χ1n) is 9.45. The van der Waals surface area contributed by atoms with Crippen molar-refractivity contribution in [2.75, 3.05) is 19.7 Å². The van der Waals surface area contributed by atoms with Gasteiger partial charge in [-0.2, -0.15) is 0 Å². The van der Waals surface area contributed by atoms with Crippen LogP contribution in [0.2, 0.25) is 0 Å². The van der Waals surface area contributed by atoms with Gasteiger partial charge in [0.25, 0.3) is 0 Å². The number of hydrogen-bond acceptors (Lipinski definition) is 3. The lowest BCUT2D eigenvalue weighted by atomic mass is 9.87. The molecule has 1 aliphatic heterocycles. The number of rotatable bonds is 4. The van der Waals surface area contributed by atoms with Crippen LogP contribution in [0.15, 0.2) is 0 Å². The fraction of sp³-hybridized carbons (Fsp3) is 0.947. The highest BCUT2D eigenvalue weighted by Crippen LogP contribution is 2.33. The van der Waals surface area contributed by atoms with Crippen molar-refractivity contribution in [3.05, 3.63) is 0 Å². The van der Waals surface area contributed by atoms with Gasteiger partial charge in [-0.15, -0.1) is 0 Å². The second-order valence-corrected chi connectivity index (χ2v) is 8.32. The number of likely N-dealkylation sites (tertiary alicyclic amines) is 1. The van der Waals surface area contributed by atoms with Crippen LogP contribution in [0, 0.1) is 5.92 Å². The van der Waals surface area contributed by atoms with E-state index in [1.807, 2.05) is 25.7 Å². The summed E-state index contributed by atoms with van der Waals surface area (Å²) in [4.78, 5) is 14.0. The fourth-order valence-electron chi connectivity index (χ4n) is 3.67.